The van der Waals surface area contributed by atoms with Gasteiger partial charge in [0.2, 0.25) is 5.91 Å². The first kappa shape index (κ1) is 13.4. The Hall–Kier alpha value is -0.570. The fourth-order valence-electron chi connectivity index (χ4n) is 1.37. The summed E-state index contributed by atoms with van der Waals surface area (Å²) in [6.07, 6.45) is 2.07. The summed E-state index contributed by atoms with van der Waals surface area (Å²) in [5, 5.41) is 6.18. The molecule has 84 valence electrons. The zero-order valence-electron chi connectivity index (χ0n) is 10.1. The van der Waals surface area contributed by atoms with Crippen molar-refractivity contribution in [2.45, 2.75) is 59.0 Å². The molecule has 0 spiro atoms. The third kappa shape index (κ3) is 4.09. The van der Waals surface area contributed by atoms with Crippen molar-refractivity contribution in [1.29, 1.82) is 0 Å². The van der Waals surface area contributed by atoms with E-state index < -0.39 is 0 Å². The van der Waals surface area contributed by atoms with E-state index in [0.29, 0.717) is 6.54 Å². The van der Waals surface area contributed by atoms with Gasteiger partial charge in [0.1, 0.15) is 0 Å². The van der Waals surface area contributed by atoms with Crippen molar-refractivity contribution >= 4 is 5.91 Å². The van der Waals surface area contributed by atoms with Crippen molar-refractivity contribution < 1.29 is 4.79 Å². The van der Waals surface area contributed by atoms with Crippen molar-refractivity contribution in [1.82, 2.24) is 10.6 Å². The van der Waals surface area contributed by atoms with Crippen molar-refractivity contribution in [3.05, 3.63) is 0 Å². The Balaban J connectivity index is 4.15. The highest BCUT2D eigenvalue weighted by Gasteiger charge is 2.24. The smallest absolute Gasteiger partial charge is 0.236 e. The third-order valence-corrected chi connectivity index (χ3v) is 2.87. The Kier molecular flexibility index (Phi) is 5.77. The number of likely N-dealkylation sites (N-methyl/N-ethyl adjacent to an activating group) is 1. The van der Waals surface area contributed by atoms with Crippen molar-refractivity contribution in [2.75, 3.05) is 6.54 Å². The molecule has 14 heavy (non-hydrogen) atoms. The van der Waals surface area contributed by atoms with Crippen molar-refractivity contribution in [3.8, 4) is 0 Å². The van der Waals surface area contributed by atoms with Crippen LogP contribution in [-0.2, 0) is 4.79 Å². The van der Waals surface area contributed by atoms with Gasteiger partial charge >= 0.3 is 0 Å². The highest BCUT2D eigenvalue weighted by atomic mass is 16.2. The number of hydrogen-bond donors (Lipinski definition) is 2. The van der Waals surface area contributed by atoms with Gasteiger partial charge in [0.05, 0.1) is 6.04 Å². The maximum atomic E-state index is 11.5. The molecule has 0 heterocycles. The van der Waals surface area contributed by atoms with E-state index in [2.05, 4.69) is 31.4 Å². The molecule has 0 radical (unpaired) electrons. The monoisotopic (exact) mass is 200 g/mol. The van der Waals surface area contributed by atoms with Gasteiger partial charge in [-0.25, -0.2) is 0 Å². The predicted molar refractivity (Wildman–Crippen MR) is 60.3 cm³/mol. The Morgan fingerprint density at radius 1 is 1.29 bits per heavy atom. The summed E-state index contributed by atoms with van der Waals surface area (Å²) < 4.78 is 0. The second-order valence-electron chi connectivity index (χ2n) is 4.03. The van der Waals surface area contributed by atoms with Crippen LogP contribution in [0.25, 0.3) is 0 Å². The Labute approximate surface area is 87.6 Å². The molecule has 0 saturated heterocycles. The lowest BCUT2D eigenvalue weighted by atomic mass is 9.94. The molecule has 0 saturated carbocycles. The lowest BCUT2D eigenvalue weighted by Gasteiger charge is -2.31. The maximum absolute atomic E-state index is 11.5. The van der Waals surface area contributed by atoms with E-state index in [0.717, 1.165) is 12.8 Å². The number of carbonyl (C=O) groups is 1. The van der Waals surface area contributed by atoms with Gasteiger partial charge in [0.25, 0.3) is 0 Å². The summed E-state index contributed by atoms with van der Waals surface area (Å²) >= 11 is 0. The van der Waals surface area contributed by atoms with Crippen molar-refractivity contribution in [3.63, 3.8) is 0 Å². The van der Waals surface area contributed by atoms with E-state index in [4.69, 9.17) is 0 Å². The Morgan fingerprint density at radius 2 is 1.79 bits per heavy atom. The Morgan fingerprint density at radius 3 is 2.14 bits per heavy atom. The van der Waals surface area contributed by atoms with Gasteiger partial charge in [-0.1, -0.05) is 13.8 Å². The summed E-state index contributed by atoms with van der Waals surface area (Å²) in [5.41, 5.74) is 0.0739. The minimum absolute atomic E-state index is 0.0739. The molecule has 0 aliphatic heterocycles. The highest BCUT2D eigenvalue weighted by Crippen LogP contribution is 2.14. The molecule has 0 aromatic heterocycles. The number of carbonyl (C=O) groups excluding carboxylic acids is 1. The van der Waals surface area contributed by atoms with Crippen LogP contribution in [0.4, 0.5) is 0 Å². The van der Waals surface area contributed by atoms with Gasteiger partial charge in [0.15, 0.2) is 0 Å². The first-order valence-electron chi connectivity index (χ1n) is 5.54. The topological polar surface area (TPSA) is 41.1 Å². The minimum atomic E-state index is -0.111. The third-order valence-electron chi connectivity index (χ3n) is 2.87. The molecule has 0 rings (SSSR count). The Bertz CT molecular complexity index is 176. The number of hydrogen-bond acceptors (Lipinski definition) is 2. The largest absolute Gasteiger partial charge is 0.355 e. The lowest BCUT2D eigenvalue weighted by molar-refractivity contribution is -0.123. The minimum Gasteiger partial charge on any atom is -0.355 e. The van der Waals surface area contributed by atoms with E-state index in [1.807, 2.05) is 13.8 Å². The van der Waals surface area contributed by atoms with Crippen LogP contribution in [0.3, 0.4) is 0 Å². The van der Waals surface area contributed by atoms with Gasteiger partial charge in [-0.05, 0) is 33.6 Å². The number of nitrogens with one attached hydrogen (secondary N) is 2. The van der Waals surface area contributed by atoms with Crippen molar-refractivity contribution in [2.24, 2.45) is 0 Å². The second kappa shape index (κ2) is 6.02. The molecule has 0 aromatic carbocycles. The normalized spacial score (nSPS) is 13.8. The van der Waals surface area contributed by atoms with Crippen LogP contribution < -0.4 is 10.6 Å². The first-order valence-corrected chi connectivity index (χ1v) is 5.54. The molecule has 0 aliphatic carbocycles. The zero-order valence-corrected chi connectivity index (χ0v) is 10.1. The van der Waals surface area contributed by atoms with Crippen LogP contribution >= 0.6 is 0 Å². The molecule has 0 aliphatic rings. The number of rotatable bonds is 6. The van der Waals surface area contributed by atoms with Crippen LogP contribution in [-0.4, -0.2) is 24.0 Å². The molecule has 0 bridgehead atoms. The molecule has 3 nitrogen and oxygen atoms in total. The molecule has 0 fully saturated rings. The SMILES string of the molecule is CCNC(=O)C(C)NC(C)(CC)CC. The molecular formula is C11H24N2O. The summed E-state index contributed by atoms with van der Waals surface area (Å²) in [4.78, 5) is 11.5. The summed E-state index contributed by atoms with van der Waals surface area (Å²) in [7, 11) is 0. The van der Waals surface area contributed by atoms with E-state index in [9.17, 15) is 4.79 Å². The van der Waals surface area contributed by atoms with Gasteiger partial charge in [0, 0.05) is 12.1 Å². The average Bonchev–Trinajstić information content (AvgIpc) is 2.18. The number of amides is 1. The lowest BCUT2D eigenvalue weighted by Crippen LogP contribution is -2.52. The van der Waals surface area contributed by atoms with Crippen LogP contribution in [0, 0.1) is 0 Å². The summed E-state index contributed by atoms with van der Waals surface area (Å²) in [6.45, 7) is 11.0. The predicted octanol–water partition coefficient (Wildman–Crippen LogP) is 1.68. The molecule has 1 unspecified atom stereocenters. The summed E-state index contributed by atoms with van der Waals surface area (Å²) in [6, 6.07) is -0.111. The molecular weight excluding hydrogens is 176 g/mol. The van der Waals surface area contributed by atoms with Crippen LogP contribution in [0.5, 0.6) is 0 Å². The van der Waals surface area contributed by atoms with E-state index in [-0.39, 0.29) is 17.5 Å². The molecule has 0 aromatic rings. The van der Waals surface area contributed by atoms with E-state index in [1.54, 1.807) is 0 Å². The zero-order chi connectivity index (χ0) is 11.2. The van der Waals surface area contributed by atoms with Crippen LogP contribution in [0.2, 0.25) is 0 Å². The fraction of sp³-hybridized carbons (Fsp3) is 0.909. The van der Waals surface area contributed by atoms with Crippen LogP contribution in [0.15, 0.2) is 0 Å². The molecule has 2 N–H and O–H groups in total. The van der Waals surface area contributed by atoms with Crippen LogP contribution in [0.1, 0.15) is 47.5 Å². The molecule has 1 amide bonds. The second-order valence-corrected chi connectivity index (χ2v) is 4.03. The average molecular weight is 200 g/mol. The maximum Gasteiger partial charge on any atom is 0.236 e. The quantitative estimate of drug-likeness (QED) is 0.685. The first-order chi connectivity index (χ1) is 6.49. The van der Waals surface area contributed by atoms with E-state index >= 15 is 0 Å². The van der Waals surface area contributed by atoms with E-state index in [1.165, 1.54) is 0 Å². The molecule has 3 heteroatoms. The van der Waals surface area contributed by atoms with Gasteiger partial charge < -0.3 is 10.6 Å². The highest BCUT2D eigenvalue weighted by molar-refractivity contribution is 5.81. The van der Waals surface area contributed by atoms with Gasteiger partial charge in [-0.3, -0.25) is 4.79 Å². The van der Waals surface area contributed by atoms with Gasteiger partial charge in [-0.2, -0.15) is 0 Å². The van der Waals surface area contributed by atoms with Gasteiger partial charge in [-0.15, -0.1) is 0 Å². The summed E-state index contributed by atoms with van der Waals surface area (Å²) in [5.74, 6) is 0.0839. The standard InChI is InChI=1S/C11H24N2O/c1-6-11(5,7-2)13-9(4)10(14)12-8-3/h9,13H,6-8H2,1-5H3,(H,12,14). The molecule has 1 atom stereocenters. The fourth-order valence-corrected chi connectivity index (χ4v) is 1.37.